The van der Waals surface area contributed by atoms with Crippen molar-refractivity contribution in [2.45, 2.75) is 76.1 Å². The average molecular weight is 429 g/mol. The van der Waals surface area contributed by atoms with Crippen LogP contribution in [0.15, 0.2) is 60.7 Å². The largest absolute Gasteiger partial charge is 0.391 e. The molecule has 2 saturated heterocycles. The number of rotatable bonds is 7. The number of benzene rings is 2. The van der Waals surface area contributed by atoms with Crippen molar-refractivity contribution in [2.24, 2.45) is 0 Å². The molecule has 162 valence electrons. The zero-order valence-corrected chi connectivity index (χ0v) is 19.2. The van der Waals surface area contributed by atoms with Crippen LogP contribution < -0.4 is 5.19 Å². The van der Waals surface area contributed by atoms with Crippen molar-refractivity contribution in [3.05, 3.63) is 66.2 Å². The van der Waals surface area contributed by atoms with E-state index < -0.39 is 38.5 Å². The van der Waals surface area contributed by atoms with Crippen molar-refractivity contribution in [2.75, 3.05) is 0 Å². The number of aliphatic hydroxyl groups is 1. The molecule has 5 nitrogen and oxygen atoms in total. The Morgan fingerprint density at radius 3 is 2.30 bits per heavy atom. The molecule has 2 fully saturated rings. The molecule has 6 heteroatoms. The summed E-state index contributed by atoms with van der Waals surface area (Å²) in [6.07, 6.45) is -2.43. The Kier molecular flexibility index (Phi) is 6.17. The highest BCUT2D eigenvalue weighted by atomic mass is 28.3. The summed E-state index contributed by atoms with van der Waals surface area (Å²) in [5.74, 6) is -0.725. The molecule has 0 aliphatic carbocycles. The van der Waals surface area contributed by atoms with Gasteiger partial charge in [0.05, 0.1) is 20.8 Å². The van der Waals surface area contributed by atoms with Gasteiger partial charge >= 0.3 is 0 Å². The zero-order valence-electron chi connectivity index (χ0n) is 18.2. The summed E-state index contributed by atoms with van der Waals surface area (Å²) in [6.45, 7) is 8.73. The van der Waals surface area contributed by atoms with Crippen LogP contribution in [0.4, 0.5) is 0 Å². The first kappa shape index (κ1) is 21.7. The molecule has 4 rings (SSSR count). The van der Waals surface area contributed by atoms with Gasteiger partial charge in [0, 0.05) is 0 Å². The molecule has 2 unspecified atom stereocenters. The van der Waals surface area contributed by atoms with Gasteiger partial charge in [-0.15, -0.1) is 0 Å². The molecule has 0 bridgehead atoms. The quantitative estimate of drug-likeness (QED) is 0.685. The predicted molar refractivity (Wildman–Crippen MR) is 118 cm³/mol. The van der Waals surface area contributed by atoms with Gasteiger partial charge in [-0.1, -0.05) is 78.9 Å². The highest BCUT2D eigenvalue weighted by Crippen LogP contribution is 2.40. The fraction of sp³-hybridized carbons (Fsp3) is 0.500. The van der Waals surface area contributed by atoms with Gasteiger partial charge in [0.2, 0.25) is 0 Å². The summed E-state index contributed by atoms with van der Waals surface area (Å²) in [7, 11) is -1.86. The SMILES string of the molecule is CC1(C)OC2C(OCc3ccccc3)[C@@H]([C@H](O)C[Si](C)(C)c3ccccc3)O[C@@H]2O1. The van der Waals surface area contributed by atoms with Crippen LogP contribution >= 0.6 is 0 Å². The second-order valence-corrected chi connectivity index (χ2v) is 14.1. The predicted octanol–water partition coefficient (Wildman–Crippen LogP) is 3.42. The zero-order chi connectivity index (χ0) is 21.4. The third kappa shape index (κ3) is 4.69. The van der Waals surface area contributed by atoms with Crippen molar-refractivity contribution in [1.82, 2.24) is 0 Å². The van der Waals surface area contributed by atoms with Crippen molar-refractivity contribution in [3.8, 4) is 0 Å². The van der Waals surface area contributed by atoms with Gasteiger partial charge in [0.25, 0.3) is 0 Å². The third-order valence-electron chi connectivity index (χ3n) is 5.97. The van der Waals surface area contributed by atoms with Crippen LogP contribution in [-0.4, -0.2) is 49.7 Å². The van der Waals surface area contributed by atoms with E-state index >= 15 is 0 Å². The van der Waals surface area contributed by atoms with Crippen molar-refractivity contribution in [3.63, 3.8) is 0 Å². The molecule has 0 spiro atoms. The van der Waals surface area contributed by atoms with Crippen LogP contribution in [0.25, 0.3) is 0 Å². The van der Waals surface area contributed by atoms with Crippen LogP contribution in [0.5, 0.6) is 0 Å². The first-order chi connectivity index (χ1) is 14.3. The first-order valence-corrected chi connectivity index (χ1v) is 13.9. The molecule has 0 amide bonds. The Morgan fingerprint density at radius 1 is 1.00 bits per heavy atom. The van der Waals surface area contributed by atoms with E-state index in [1.54, 1.807) is 0 Å². The molecule has 0 radical (unpaired) electrons. The number of fused-ring (bicyclic) bond motifs is 1. The molecule has 2 aliphatic heterocycles. The lowest BCUT2D eigenvalue weighted by Crippen LogP contribution is -2.49. The summed E-state index contributed by atoms with van der Waals surface area (Å²) in [4.78, 5) is 0. The minimum absolute atomic E-state index is 0.357. The fourth-order valence-corrected chi connectivity index (χ4v) is 7.02. The molecule has 30 heavy (non-hydrogen) atoms. The highest BCUT2D eigenvalue weighted by Gasteiger charge is 2.57. The van der Waals surface area contributed by atoms with Gasteiger partial charge in [-0.3, -0.25) is 0 Å². The smallest absolute Gasteiger partial charge is 0.190 e. The molecule has 0 saturated carbocycles. The van der Waals surface area contributed by atoms with Crippen molar-refractivity contribution < 1.29 is 24.1 Å². The fourth-order valence-electron chi connectivity index (χ4n) is 4.42. The highest BCUT2D eigenvalue weighted by molar-refractivity contribution is 6.89. The summed E-state index contributed by atoms with van der Waals surface area (Å²) >= 11 is 0. The standard InChI is InChI=1S/C24H32O5Si/c1-24(2)28-22-21(26-15-17-11-7-5-8-12-17)20(27-23(22)29-24)19(25)16-30(3,4)18-13-9-6-10-14-18/h5-14,19-23,25H,15-16H2,1-4H3/t19-,20-,21?,22?,23-/m1/s1. The lowest BCUT2D eigenvalue weighted by atomic mass is 10.1. The maximum atomic E-state index is 11.2. The maximum Gasteiger partial charge on any atom is 0.190 e. The Hall–Kier alpha value is -1.54. The molecule has 2 aromatic rings. The molecule has 2 aromatic carbocycles. The minimum Gasteiger partial charge on any atom is -0.391 e. The Labute approximate surface area is 179 Å². The molecular formula is C24H32O5Si. The monoisotopic (exact) mass is 428 g/mol. The van der Waals surface area contributed by atoms with E-state index in [1.165, 1.54) is 5.19 Å². The van der Waals surface area contributed by atoms with E-state index in [4.69, 9.17) is 18.9 Å². The van der Waals surface area contributed by atoms with Crippen LogP contribution in [0.2, 0.25) is 19.1 Å². The third-order valence-corrected chi connectivity index (χ3v) is 9.30. The number of aliphatic hydroxyl groups excluding tert-OH is 1. The first-order valence-electron chi connectivity index (χ1n) is 10.7. The van der Waals surface area contributed by atoms with E-state index in [0.717, 1.165) is 5.56 Å². The molecule has 2 heterocycles. The summed E-state index contributed by atoms with van der Waals surface area (Å²) in [5.41, 5.74) is 1.08. The van der Waals surface area contributed by atoms with Crippen LogP contribution in [-0.2, 0) is 25.6 Å². The average Bonchev–Trinajstić information content (AvgIpc) is 3.19. The molecular weight excluding hydrogens is 396 g/mol. The molecule has 2 aliphatic rings. The number of ether oxygens (including phenoxy) is 4. The van der Waals surface area contributed by atoms with Gasteiger partial charge in [-0.05, 0) is 25.5 Å². The Morgan fingerprint density at radius 2 is 1.63 bits per heavy atom. The molecule has 1 N–H and O–H groups in total. The lowest BCUT2D eigenvalue weighted by Gasteiger charge is -2.32. The van der Waals surface area contributed by atoms with Gasteiger partial charge in [-0.2, -0.15) is 0 Å². The van der Waals surface area contributed by atoms with Gasteiger partial charge in [-0.25, -0.2) is 0 Å². The minimum atomic E-state index is -1.86. The lowest BCUT2D eigenvalue weighted by molar-refractivity contribution is -0.229. The topological polar surface area (TPSA) is 57.2 Å². The van der Waals surface area contributed by atoms with Gasteiger partial charge < -0.3 is 24.1 Å². The van der Waals surface area contributed by atoms with Gasteiger partial charge in [0.1, 0.15) is 18.3 Å². The second kappa shape index (κ2) is 8.53. The molecule has 5 atom stereocenters. The number of hydrogen-bond donors (Lipinski definition) is 1. The Bertz CT molecular complexity index is 826. The van der Waals surface area contributed by atoms with Crippen LogP contribution in [0.1, 0.15) is 19.4 Å². The summed E-state index contributed by atoms with van der Waals surface area (Å²) in [6, 6.07) is 21.1. The summed E-state index contributed by atoms with van der Waals surface area (Å²) in [5, 5.41) is 12.5. The number of hydrogen-bond acceptors (Lipinski definition) is 5. The normalized spacial score (nSPS) is 29.0. The van der Waals surface area contributed by atoms with Crippen LogP contribution in [0, 0.1) is 0 Å². The van der Waals surface area contributed by atoms with E-state index in [0.29, 0.717) is 12.7 Å². The molecule has 0 aromatic heterocycles. The Balaban J connectivity index is 1.50. The van der Waals surface area contributed by atoms with Crippen molar-refractivity contribution in [1.29, 1.82) is 0 Å². The van der Waals surface area contributed by atoms with Crippen molar-refractivity contribution >= 4 is 13.3 Å². The van der Waals surface area contributed by atoms with E-state index in [2.05, 4.69) is 37.4 Å². The van der Waals surface area contributed by atoms with E-state index in [1.807, 2.05) is 50.2 Å². The van der Waals surface area contributed by atoms with Crippen LogP contribution in [0.3, 0.4) is 0 Å². The summed E-state index contributed by atoms with van der Waals surface area (Å²) < 4.78 is 24.5. The van der Waals surface area contributed by atoms with Gasteiger partial charge in [0.15, 0.2) is 12.1 Å². The maximum absolute atomic E-state index is 11.2. The van der Waals surface area contributed by atoms with E-state index in [-0.39, 0.29) is 6.10 Å². The van der Waals surface area contributed by atoms with E-state index in [9.17, 15) is 5.11 Å². The second-order valence-electron chi connectivity index (χ2n) is 9.35.